The first kappa shape index (κ1) is 21.4. The molecule has 0 aliphatic carbocycles. The lowest BCUT2D eigenvalue weighted by Gasteiger charge is -2.46. The summed E-state index contributed by atoms with van der Waals surface area (Å²) < 4.78 is 0. The van der Waals surface area contributed by atoms with E-state index in [1.165, 1.54) is 18.4 Å². The highest BCUT2D eigenvalue weighted by atomic mass is 15.3. The number of anilines is 1. The summed E-state index contributed by atoms with van der Waals surface area (Å²) >= 11 is 0. The van der Waals surface area contributed by atoms with Crippen molar-refractivity contribution in [2.45, 2.75) is 38.6 Å². The van der Waals surface area contributed by atoms with E-state index in [1.54, 1.807) is 0 Å². The van der Waals surface area contributed by atoms with Crippen LogP contribution in [0, 0.1) is 12.8 Å². The molecule has 2 aliphatic heterocycles. The number of aromatic nitrogens is 2. The van der Waals surface area contributed by atoms with Gasteiger partial charge in [-0.2, -0.15) is 0 Å². The van der Waals surface area contributed by atoms with Crippen LogP contribution in [0.15, 0.2) is 54.6 Å². The van der Waals surface area contributed by atoms with E-state index in [1.807, 2.05) is 18.2 Å². The summed E-state index contributed by atoms with van der Waals surface area (Å²) in [6.45, 7) is 11.0. The second kappa shape index (κ2) is 9.55. The van der Waals surface area contributed by atoms with Gasteiger partial charge in [0.25, 0.3) is 0 Å². The third-order valence-electron chi connectivity index (χ3n) is 7.41. The molecule has 2 saturated heterocycles. The van der Waals surface area contributed by atoms with E-state index in [-0.39, 0.29) is 0 Å². The van der Waals surface area contributed by atoms with Crippen LogP contribution in [0.5, 0.6) is 0 Å². The van der Waals surface area contributed by atoms with Crippen molar-refractivity contribution < 1.29 is 0 Å². The number of hydrogen-bond acceptors (Lipinski definition) is 5. The lowest BCUT2D eigenvalue weighted by Crippen LogP contribution is -2.56. The van der Waals surface area contributed by atoms with Crippen molar-refractivity contribution in [1.82, 2.24) is 20.2 Å². The fourth-order valence-electron chi connectivity index (χ4n) is 5.76. The van der Waals surface area contributed by atoms with Crippen LogP contribution < -0.4 is 10.2 Å². The fourth-order valence-corrected chi connectivity index (χ4v) is 5.76. The second-order valence-electron chi connectivity index (χ2n) is 9.44. The minimum atomic E-state index is 0.523. The van der Waals surface area contributed by atoms with Crippen molar-refractivity contribution in [3.63, 3.8) is 0 Å². The van der Waals surface area contributed by atoms with E-state index in [0.717, 1.165) is 61.8 Å². The van der Waals surface area contributed by atoms with Gasteiger partial charge in [-0.1, -0.05) is 49.4 Å². The van der Waals surface area contributed by atoms with Crippen LogP contribution in [0.3, 0.4) is 0 Å². The average molecular weight is 430 g/mol. The molecule has 1 N–H and O–H groups in total. The highest BCUT2D eigenvalue weighted by molar-refractivity contribution is 5.76. The smallest absolute Gasteiger partial charge is 0.150 e. The summed E-state index contributed by atoms with van der Waals surface area (Å²) in [5, 5.41) is 3.66. The number of aryl methyl sites for hydroxylation is 1. The Morgan fingerprint density at radius 2 is 1.59 bits per heavy atom. The molecule has 0 radical (unpaired) electrons. The fraction of sp³-hybridized carbons (Fsp3) is 0.481. The third kappa shape index (κ3) is 4.37. The minimum Gasteiger partial charge on any atom is -0.353 e. The predicted octanol–water partition coefficient (Wildman–Crippen LogP) is 4.23. The molecule has 2 fully saturated rings. The van der Waals surface area contributed by atoms with Crippen molar-refractivity contribution >= 4 is 16.9 Å². The van der Waals surface area contributed by atoms with Gasteiger partial charge in [-0.15, -0.1) is 0 Å². The van der Waals surface area contributed by atoms with Crippen molar-refractivity contribution in [3.05, 3.63) is 65.9 Å². The number of rotatable bonds is 5. The van der Waals surface area contributed by atoms with E-state index in [4.69, 9.17) is 9.97 Å². The molecular weight excluding hydrogens is 394 g/mol. The van der Waals surface area contributed by atoms with Gasteiger partial charge in [-0.25, -0.2) is 9.97 Å². The first-order valence-corrected chi connectivity index (χ1v) is 12.2. The number of para-hydroxylation sites is 2. The first-order chi connectivity index (χ1) is 15.7. The van der Waals surface area contributed by atoms with E-state index >= 15 is 0 Å². The second-order valence-corrected chi connectivity index (χ2v) is 9.44. The van der Waals surface area contributed by atoms with Gasteiger partial charge in [0.15, 0.2) is 5.82 Å². The number of piperazine rings is 1. The number of hydrogen-bond donors (Lipinski definition) is 1. The Labute approximate surface area is 191 Å². The molecule has 3 unspecified atom stereocenters. The predicted molar refractivity (Wildman–Crippen MR) is 132 cm³/mol. The maximum absolute atomic E-state index is 4.98. The Bertz CT molecular complexity index is 1020. The largest absolute Gasteiger partial charge is 0.353 e. The topological polar surface area (TPSA) is 44.3 Å². The Kier molecular flexibility index (Phi) is 6.37. The van der Waals surface area contributed by atoms with Crippen LogP contribution in [0.1, 0.15) is 36.9 Å². The molecule has 0 saturated carbocycles. The molecule has 2 aliphatic rings. The van der Waals surface area contributed by atoms with E-state index in [0.29, 0.717) is 17.9 Å². The third-order valence-corrected chi connectivity index (χ3v) is 7.41. The number of piperidine rings is 1. The van der Waals surface area contributed by atoms with Gasteiger partial charge in [-0.05, 0) is 62.4 Å². The normalized spacial score (nSPS) is 22.1. The molecular formula is C27H35N5. The number of fused-ring (bicyclic) bond motifs is 1. The van der Waals surface area contributed by atoms with Gasteiger partial charge < -0.3 is 10.2 Å². The van der Waals surface area contributed by atoms with Crippen molar-refractivity contribution in [2.24, 2.45) is 5.92 Å². The molecule has 3 aromatic rings. The maximum atomic E-state index is 4.98. The molecule has 5 rings (SSSR count). The van der Waals surface area contributed by atoms with Gasteiger partial charge >= 0.3 is 0 Å². The number of benzene rings is 2. The number of nitrogens with one attached hydrogen (secondary N) is 1. The molecule has 168 valence electrons. The lowest BCUT2D eigenvalue weighted by molar-refractivity contribution is 0.0985. The van der Waals surface area contributed by atoms with Gasteiger partial charge in [0, 0.05) is 32.2 Å². The molecule has 5 nitrogen and oxygen atoms in total. The molecule has 0 amide bonds. The van der Waals surface area contributed by atoms with Crippen molar-refractivity contribution in [2.75, 3.05) is 44.2 Å². The highest BCUT2D eigenvalue weighted by Crippen LogP contribution is 2.33. The molecule has 2 aromatic carbocycles. The van der Waals surface area contributed by atoms with Gasteiger partial charge in [0.1, 0.15) is 0 Å². The van der Waals surface area contributed by atoms with Crippen LogP contribution in [-0.4, -0.2) is 60.2 Å². The minimum absolute atomic E-state index is 0.523. The molecule has 1 aromatic heterocycles. The quantitative estimate of drug-likeness (QED) is 0.657. The van der Waals surface area contributed by atoms with Gasteiger partial charge in [-0.3, -0.25) is 4.90 Å². The summed E-state index contributed by atoms with van der Waals surface area (Å²) in [7, 11) is 0. The van der Waals surface area contributed by atoms with Crippen LogP contribution in [-0.2, 0) is 0 Å². The SMILES string of the molecule is Cc1nc2ccccc2nc1N1CCN(C(C2CCCNC2)C(C)c2ccccc2)CC1. The summed E-state index contributed by atoms with van der Waals surface area (Å²) in [6, 6.07) is 19.8. The monoisotopic (exact) mass is 429 g/mol. The Morgan fingerprint density at radius 3 is 2.28 bits per heavy atom. The Morgan fingerprint density at radius 1 is 0.906 bits per heavy atom. The van der Waals surface area contributed by atoms with Crippen molar-refractivity contribution in [1.29, 1.82) is 0 Å². The molecule has 0 spiro atoms. The van der Waals surface area contributed by atoms with Crippen LogP contribution in [0.25, 0.3) is 11.0 Å². The zero-order chi connectivity index (χ0) is 21.9. The van der Waals surface area contributed by atoms with Crippen LogP contribution in [0.2, 0.25) is 0 Å². The van der Waals surface area contributed by atoms with Gasteiger partial charge in [0.05, 0.1) is 16.7 Å². The van der Waals surface area contributed by atoms with Gasteiger partial charge in [0.2, 0.25) is 0 Å². The zero-order valence-electron chi connectivity index (χ0n) is 19.4. The van der Waals surface area contributed by atoms with Crippen LogP contribution in [0.4, 0.5) is 5.82 Å². The molecule has 5 heteroatoms. The number of nitrogens with zero attached hydrogens (tertiary/aromatic N) is 4. The van der Waals surface area contributed by atoms with E-state index < -0.39 is 0 Å². The standard InChI is InChI=1S/C27H35N5/c1-20(22-9-4-3-5-10-22)26(23-11-8-14-28-19-23)31-15-17-32(18-16-31)27-21(2)29-24-12-6-7-13-25(24)30-27/h3-7,9-10,12-13,20,23,26,28H,8,11,14-19H2,1-2H3. The summed E-state index contributed by atoms with van der Waals surface area (Å²) in [5.74, 6) is 2.28. The van der Waals surface area contributed by atoms with E-state index in [9.17, 15) is 0 Å². The Balaban J connectivity index is 1.35. The van der Waals surface area contributed by atoms with Crippen molar-refractivity contribution in [3.8, 4) is 0 Å². The summed E-state index contributed by atoms with van der Waals surface area (Å²) in [4.78, 5) is 15.0. The molecule has 0 bridgehead atoms. The Hall–Kier alpha value is -2.50. The zero-order valence-corrected chi connectivity index (χ0v) is 19.4. The van der Waals surface area contributed by atoms with Crippen LogP contribution >= 0.6 is 0 Å². The molecule has 3 heterocycles. The summed E-state index contributed by atoms with van der Waals surface area (Å²) in [6.07, 6.45) is 2.61. The first-order valence-electron chi connectivity index (χ1n) is 12.2. The lowest BCUT2D eigenvalue weighted by atomic mass is 9.80. The van der Waals surface area contributed by atoms with E-state index in [2.05, 4.69) is 65.4 Å². The average Bonchev–Trinajstić information content (AvgIpc) is 2.85. The maximum Gasteiger partial charge on any atom is 0.150 e. The summed E-state index contributed by atoms with van der Waals surface area (Å²) in [5.41, 5.74) is 4.46. The molecule has 3 atom stereocenters. The molecule has 32 heavy (non-hydrogen) atoms. The highest BCUT2D eigenvalue weighted by Gasteiger charge is 2.35.